The molecule has 1 aliphatic rings. The first-order valence-electron chi connectivity index (χ1n) is 10.2. The van der Waals surface area contributed by atoms with Gasteiger partial charge in [-0.15, -0.1) is 23.5 Å². The van der Waals surface area contributed by atoms with Gasteiger partial charge in [0.15, 0.2) is 0 Å². The molecule has 0 bridgehead atoms. The Morgan fingerprint density at radius 2 is 1.65 bits per heavy atom. The summed E-state index contributed by atoms with van der Waals surface area (Å²) in [7, 11) is 0. The minimum atomic E-state index is -0.0727. The molecule has 0 aliphatic carbocycles. The van der Waals surface area contributed by atoms with Crippen LogP contribution in [0.25, 0.3) is 0 Å². The molecule has 3 aromatic rings. The number of nitrogens with zero attached hydrogens (tertiary/aromatic N) is 1. The Kier molecular flexibility index (Phi) is 7.33. The van der Waals surface area contributed by atoms with Crippen LogP contribution >= 0.6 is 23.5 Å². The lowest BCUT2D eigenvalue weighted by atomic mass is 10.1. The maximum Gasteiger partial charge on any atom is 0.251 e. The van der Waals surface area contributed by atoms with Gasteiger partial charge in [0.05, 0.1) is 5.75 Å². The third-order valence-electron chi connectivity index (χ3n) is 5.02. The SMILES string of the molecule is O=C(NCCSc1ccccc1)c1ccc([C@H]2SCC(=O)N2Cc2ccccc2)cc1. The molecule has 1 atom stereocenters. The summed E-state index contributed by atoms with van der Waals surface area (Å²) in [5.74, 6) is 1.38. The van der Waals surface area contributed by atoms with Crippen LogP contribution < -0.4 is 5.32 Å². The molecular weight excluding hydrogens is 424 g/mol. The number of carbonyl (C=O) groups excluding carboxylic acids is 2. The summed E-state index contributed by atoms with van der Waals surface area (Å²) in [6, 6.07) is 27.8. The highest BCUT2D eigenvalue weighted by Crippen LogP contribution is 2.39. The van der Waals surface area contributed by atoms with Crippen LogP contribution in [0.2, 0.25) is 0 Å². The van der Waals surface area contributed by atoms with E-state index in [9.17, 15) is 9.59 Å². The second-order valence-electron chi connectivity index (χ2n) is 7.21. The number of benzene rings is 3. The molecule has 1 N–H and O–H groups in total. The first kappa shape index (κ1) is 21.5. The number of carbonyl (C=O) groups is 2. The predicted molar refractivity (Wildman–Crippen MR) is 128 cm³/mol. The van der Waals surface area contributed by atoms with Gasteiger partial charge >= 0.3 is 0 Å². The lowest BCUT2D eigenvalue weighted by Crippen LogP contribution is -2.28. The van der Waals surface area contributed by atoms with E-state index >= 15 is 0 Å². The highest BCUT2D eigenvalue weighted by Gasteiger charge is 2.32. The van der Waals surface area contributed by atoms with E-state index in [1.807, 2.05) is 77.7 Å². The zero-order valence-electron chi connectivity index (χ0n) is 17.1. The number of amides is 2. The molecule has 2 amide bonds. The second kappa shape index (κ2) is 10.6. The van der Waals surface area contributed by atoms with Gasteiger partial charge < -0.3 is 10.2 Å². The molecule has 31 heavy (non-hydrogen) atoms. The first-order valence-corrected chi connectivity index (χ1v) is 12.2. The quantitative estimate of drug-likeness (QED) is 0.390. The Bertz CT molecular complexity index is 1010. The number of hydrogen-bond donors (Lipinski definition) is 1. The Morgan fingerprint density at radius 1 is 0.968 bits per heavy atom. The van der Waals surface area contributed by atoms with Crippen LogP contribution in [-0.4, -0.2) is 34.8 Å². The van der Waals surface area contributed by atoms with Gasteiger partial charge in [0, 0.05) is 29.3 Å². The van der Waals surface area contributed by atoms with E-state index in [4.69, 9.17) is 0 Å². The van der Waals surface area contributed by atoms with Gasteiger partial charge in [-0.3, -0.25) is 9.59 Å². The molecule has 0 spiro atoms. The van der Waals surface area contributed by atoms with Crippen LogP contribution in [0.3, 0.4) is 0 Å². The molecule has 1 saturated heterocycles. The third-order valence-corrected chi connectivity index (χ3v) is 7.29. The summed E-state index contributed by atoms with van der Waals surface area (Å²) >= 11 is 3.36. The van der Waals surface area contributed by atoms with Gasteiger partial charge in [0.1, 0.15) is 5.37 Å². The predicted octanol–water partition coefficient (Wildman–Crippen LogP) is 4.98. The largest absolute Gasteiger partial charge is 0.351 e. The average Bonchev–Trinajstić information content (AvgIpc) is 3.18. The van der Waals surface area contributed by atoms with Crippen LogP contribution in [0.5, 0.6) is 0 Å². The van der Waals surface area contributed by atoms with E-state index in [0.717, 1.165) is 16.9 Å². The third kappa shape index (κ3) is 5.71. The van der Waals surface area contributed by atoms with Crippen molar-refractivity contribution in [2.75, 3.05) is 18.1 Å². The van der Waals surface area contributed by atoms with Crippen molar-refractivity contribution in [1.29, 1.82) is 0 Å². The fourth-order valence-corrected chi connectivity index (χ4v) is 5.41. The molecule has 158 valence electrons. The monoisotopic (exact) mass is 448 g/mol. The molecule has 4 nitrogen and oxygen atoms in total. The molecule has 0 saturated carbocycles. The van der Waals surface area contributed by atoms with E-state index in [2.05, 4.69) is 17.4 Å². The number of thioether (sulfide) groups is 2. The normalized spacial score (nSPS) is 15.8. The molecule has 6 heteroatoms. The lowest BCUT2D eigenvalue weighted by molar-refractivity contribution is -0.128. The lowest BCUT2D eigenvalue weighted by Gasteiger charge is -2.24. The molecular formula is C25H24N2O2S2. The smallest absolute Gasteiger partial charge is 0.251 e. The summed E-state index contributed by atoms with van der Waals surface area (Å²) in [5.41, 5.74) is 2.80. The standard InChI is InChI=1S/C25H24N2O2S2/c28-23-18-31-25(27(23)17-19-7-3-1-4-8-19)21-13-11-20(12-14-21)24(29)26-15-16-30-22-9-5-2-6-10-22/h1-14,25H,15-18H2,(H,26,29)/t25-/m1/s1. The molecule has 3 aromatic carbocycles. The molecule has 0 radical (unpaired) electrons. The molecule has 4 rings (SSSR count). The van der Waals surface area contributed by atoms with Crippen LogP contribution in [0, 0.1) is 0 Å². The fourth-order valence-electron chi connectivity index (χ4n) is 3.43. The van der Waals surface area contributed by atoms with Crippen LogP contribution in [0.1, 0.15) is 26.9 Å². The minimum Gasteiger partial charge on any atom is -0.351 e. The van der Waals surface area contributed by atoms with Gasteiger partial charge in [-0.05, 0) is 35.4 Å². The molecule has 1 heterocycles. The highest BCUT2D eigenvalue weighted by molar-refractivity contribution is 8.00. The Labute approximate surface area is 191 Å². The van der Waals surface area contributed by atoms with Gasteiger partial charge in [0.25, 0.3) is 5.91 Å². The van der Waals surface area contributed by atoms with Crippen molar-refractivity contribution >= 4 is 35.3 Å². The van der Waals surface area contributed by atoms with E-state index in [-0.39, 0.29) is 17.2 Å². The zero-order chi connectivity index (χ0) is 21.5. The molecule has 1 aliphatic heterocycles. The topological polar surface area (TPSA) is 49.4 Å². The van der Waals surface area contributed by atoms with Crippen molar-refractivity contribution in [3.63, 3.8) is 0 Å². The Morgan fingerprint density at radius 3 is 2.35 bits per heavy atom. The van der Waals surface area contributed by atoms with E-state index in [1.54, 1.807) is 23.5 Å². The van der Waals surface area contributed by atoms with Crippen LogP contribution in [0.4, 0.5) is 0 Å². The van der Waals surface area contributed by atoms with Gasteiger partial charge in [0.2, 0.25) is 5.91 Å². The van der Waals surface area contributed by atoms with Gasteiger partial charge in [-0.1, -0.05) is 60.7 Å². The second-order valence-corrected chi connectivity index (χ2v) is 9.45. The summed E-state index contributed by atoms with van der Waals surface area (Å²) < 4.78 is 0. The number of hydrogen-bond acceptors (Lipinski definition) is 4. The van der Waals surface area contributed by atoms with E-state index in [1.165, 1.54) is 4.90 Å². The summed E-state index contributed by atoms with van der Waals surface area (Å²) in [4.78, 5) is 28.0. The Balaban J connectivity index is 1.32. The average molecular weight is 449 g/mol. The van der Waals surface area contributed by atoms with E-state index in [0.29, 0.717) is 24.4 Å². The minimum absolute atomic E-state index is 0.0212. The van der Waals surface area contributed by atoms with Crippen LogP contribution in [-0.2, 0) is 11.3 Å². The fraction of sp³-hybridized carbons (Fsp3) is 0.200. The summed E-state index contributed by atoms with van der Waals surface area (Å²) in [5, 5.41) is 2.96. The van der Waals surface area contributed by atoms with E-state index < -0.39 is 0 Å². The maximum atomic E-state index is 12.5. The van der Waals surface area contributed by atoms with Crippen molar-refractivity contribution in [1.82, 2.24) is 10.2 Å². The summed E-state index contributed by atoms with van der Waals surface area (Å²) in [6.45, 7) is 1.20. The Hall–Kier alpha value is -2.70. The first-order chi connectivity index (χ1) is 15.2. The van der Waals surface area contributed by atoms with Crippen molar-refractivity contribution in [2.24, 2.45) is 0 Å². The van der Waals surface area contributed by atoms with Crippen molar-refractivity contribution < 1.29 is 9.59 Å². The van der Waals surface area contributed by atoms with Gasteiger partial charge in [-0.2, -0.15) is 0 Å². The van der Waals surface area contributed by atoms with Gasteiger partial charge in [-0.25, -0.2) is 0 Å². The highest BCUT2D eigenvalue weighted by atomic mass is 32.2. The van der Waals surface area contributed by atoms with Crippen LogP contribution in [0.15, 0.2) is 89.8 Å². The molecule has 1 fully saturated rings. The number of nitrogens with one attached hydrogen (secondary N) is 1. The molecule has 0 unspecified atom stereocenters. The van der Waals surface area contributed by atoms with Crippen molar-refractivity contribution in [3.8, 4) is 0 Å². The number of rotatable bonds is 8. The summed E-state index contributed by atoms with van der Waals surface area (Å²) in [6.07, 6.45) is 0. The van der Waals surface area contributed by atoms with Crippen molar-refractivity contribution in [2.45, 2.75) is 16.8 Å². The molecule has 0 aromatic heterocycles. The van der Waals surface area contributed by atoms with Crippen molar-refractivity contribution in [3.05, 3.63) is 102 Å². The maximum absolute atomic E-state index is 12.5. The zero-order valence-corrected chi connectivity index (χ0v) is 18.7.